The third-order valence-electron chi connectivity index (χ3n) is 3.32. The van der Waals surface area contributed by atoms with Crippen LogP contribution in [0.3, 0.4) is 0 Å². The van der Waals surface area contributed by atoms with E-state index in [0.29, 0.717) is 13.0 Å². The number of aryl methyl sites for hydroxylation is 1. The van der Waals surface area contributed by atoms with Crippen molar-refractivity contribution in [3.05, 3.63) is 42.7 Å². The highest BCUT2D eigenvalue weighted by Crippen LogP contribution is 2.17. The van der Waals surface area contributed by atoms with E-state index in [4.69, 9.17) is 4.74 Å². The van der Waals surface area contributed by atoms with Crippen LogP contribution in [0.25, 0.3) is 11.1 Å². The molecule has 0 spiro atoms. The molecule has 2 rings (SSSR count). The molecule has 0 fully saturated rings. The molecule has 1 atom stereocenters. The quantitative estimate of drug-likeness (QED) is 0.792. The van der Waals surface area contributed by atoms with Crippen LogP contribution in [0.5, 0.6) is 0 Å². The molecule has 1 N–H and O–H groups in total. The lowest BCUT2D eigenvalue weighted by Gasteiger charge is -2.14. The number of hydrogen-bond acceptors (Lipinski definition) is 4. The number of rotatable bonds is 7. The van der Waals surface area contributed by atoms with E-state index in [-0.39, 0.29) is 12.0 Å². The van der Waals surface area contributed by atoms with Crippen molar-refractivity contribution in [2.24, 2.45) is 0 Å². The van der Waals surface area contributed by atoms with Crippen molar-refractivity contribution in [2.75, 3.05) is 13.7 Å². The molecule has 0 aliphatic heterocycles. The molecule has 0 radical (unpaired) electrons. The first kappa shape index (κ1) is 15.3. The maximum Gasteiger partial charge on any atom is 0.322 e. The molecule has 0 bridgehead atoms. The largest absolute Gasteiger partial charge is 0.468 e. The average molecular weight is 287 g/mol. The number of likely N-dealkylation sites (N-methyl/N-ethyl adjacent to an activating group) is 1. The van der Waals surface area contributed by atoms with E-state index >= 15 is 0 Å². The number of carbonyl (C=O) groups excluding carboxylic acids is 1. The summed E-state index contributed by atoms with van der Waals surface area (Å²) in [6, 6.07) is 9.82. The van der Waals surface area contributed by atoms with Crippen LogP contribution < -0.4 is 5.32 Å². The Balaban J connectivity index is 1.97. The Morgan fingerprint density at radius 1 is 1.33 bits per heavy atom. The number of carbonyl (C=O) groups is 1. The van der Waals surface area contributed by atoms with Crippen LogP contribution in [0.2, 0.25) is 0 Å². The minimum atomic E-state index is -0.288. The number of hydrogen-bond donors (Lipinski definition) is 1. The zero-order valence-electron chi connectivity index (χ0n) is 12.5. The van der Waals surface area contributed by atoms with Crippen molar-refractivity contribution in [1.29, 1.82) is 0 Å². The van der Waals surface area contributed by atoms with Gasteiger partial charge in [0.25, 0.3) is 0 Å². The van der Waals surface area contributed by atoms with Crippen LogP contribution in [-0.2, 0) is 16.1 Å². The second-order valence-corrected chi connectivity index (χ2v) is 4.78. The van der Waals surface area contributed by atoms with Gasteiger partial charge in [0.1, 0.15) is 6.04 Å². The Hall–Kier alpha value is -2.14. The lowest BCUT2D eigenvalue weighted by Crippen LogP contribution is -2.38. The van der Waals surface area contributed by atoms with E-state index in [2.05, 4.69) is 22.5 Å². The normalized spacial score (nSPS) is 12.1. The fraction of sp³-hybridized carbons (Fsp3) is 0.375. The van der Waals surface area contributed by atoms with E-state index in [0.717, 1.165) is 17.7 Å². The summed E-state index contributed by atoms with van der Waals surface area (Å²) >= 11 is 0. The standard InChI is InChI=1S/C16H21N3O2/c1-3-17-15(16(20)21-2)9-10-19-12-14(11-18-19)13-7-5-4-6-8-13/h4-8,11-12,15,17H,3,9-10H2,1-2H3. The summed E-state index contributed by atoms with van der Waals surface area (Å²) in [7, 11) is 1.41. The molecule has 1 heterocycles. The van der Waals surface area contributed by atoms with Gasteiger partial charge in [-0.25, -0.2) is 0 Å². The predicted molar refractivity (Wildman–Crippen MR) is 81.8 cm³/mol. The van der Waals surface area contributed by atoms with Crippen LogP contribution in [0.15, 0.2) is 42.7 Å². The molecule has 0 aliphatic rings. The molecule has 1 aromatic heterocycles. The van der Waals surface area contributed by atoms with Gasteiger partial charge in [0, 0.05) is 18.3 Å². The summed E-state index contributed by atoms with van der Waals surface area (Å²) in [4.78, 5) is 11.6. The molecular formula is C16H21N3O2. The third kappa shape index (κ3) is 4.16. The molecule has 5 heteroatoms. The molecule has 5 nitrogen and oxygen atoms in total. The number of nitrogens with zero attached hydrogens (tertiary/aromatic N) is 2. The molecule has 1 unspecified atom stereocenters. The lowest BCUT2D eigenvalue weighted by molar-refractivity contribution is -0.143. The Morgan fingerprint density at radius 3 is 2.76 bits per heavy atom. The van der Waals surface area contributed by atoms with Crippen LogP contribution in [-0.4, -0.2) is 35.4 Å². The number of aromatic nitrogens is 2. The zero-order valence-corrected chi connectivity index (χ0v) is 12.5. The van der Waals surface area contributed by atoms with Gasteiger partial charge >= 0.3 is 5.97 Å². The van der Waals surface area contributed by atoms with Crippen molar-refractivity contribution in [3.8, 4) is 11.1 Å². The number of nitrogens with one attached hydrogen (secondary N) is 1. The molecule has 1 aromatic carbocycles. The van der Waals surface area contributed by atoms with Gasteiger partial charge < -0.3 is 10.1 Å². The van der Waals surface area contributed by atoms with Gasteiger partial charge in [-0.15, -0.1) is 0 Å². The summed E-state index contributed by atoms with van der Waals surface area (Å²) in [6.07, 6.45) is 4.49. The first-order valence-corrected chi connectivity index (χ1v) is 7.13. The van der Waals surface area contributed by atoms with Gasteiger partial charge in [-0.2, -0.15) is 5.10 Å². The molecule has 112 valence electrons. The molecule has 21 heavy (non-hydrogen) atoms. The summed E-state index contributed by atoms with van der Waals surface area (Å²) in [5.41, 5.74) is 2.22. The van der Waals surface area contributed by atoms with Gasteiger partial charge in [-0.3, -0.25) is 9.48 Å². The second kappa shape index (κ2) is 7.59. The fourth-order valence-electron chi connectivity index (χ4n) is 2.22. The maximum absolute atomic E-state index is 11.6. The smallest absolute Gasteiger partial charge is 0.322 e. The Bertz CT molecular complexity index is 566. The van der Waals surface area contributed by atoms with Crippen LogP contribution in [0.4, 0.5) is 0 Å². The maximum atomic E-state index is 11.6. The van der Waals surface area contributed by atoms with Crippen molar-refractivity contribution in [1.82, 2.24) is 15.1 Å². The Labute approximate surface area is 124 Å². The highest BCUT2D eigenvalue weighted by Gasteiger charge is 2.17. The minimum Gasteiger partial charge on any atom is -0.468 e. The van der Waals surface area contributed by atoms with E-state index in [1.165, 1.54) is 7.11 Å². The van der Waals surface area contributed by atoms with Crippen LogP contribution >= 0.6 is 0 Å². The first-order chi connectivity index (χ1) is 10.2. The van der Waals surface area contributed by atoms with Crippen molar-refractivity contribution >= 4 is 5.97 Å². The highest BCUT2D eigenvalue weighted by molar-refractivity contribution is 5.75. The minimum absolute atomic E-state index is 0.229. The van der Waals surface area contributed by atoms with Crippen molar-refractivity contribution in [3.63, 3.8) is 0 Å². The lowest BCUT2D eigenvalue weighted by atomic mass is 10.1. The van der Waals surface area contributed by atoms with Gasteiger partial charge in [0.15, 0.2) is 0 Å². The van der Waals surface area contributed by atoms with Gasteiger partial charge in [-0.1, -0.05) is 37.3 Å². The average Bonchev–Trinajstić information content (AvgIpc) is 3.00. The zero-order chi connectivity index (χ0) is 15.1. The molecule has 0 amide bonds. The van der Waals surface area contributed by atoms with E-state index in [1.54, 1.807) is 0 Å². The number of ether oxygens (including phenoxy) is 1. The number of esters is 1. The highest BCUT2D eigenvalue weighted by atomic mass is 16.5. The van der Waals surface area contributed by atoms with Gasteiger partial charge in [0.05, 0.1) is 13.3 Å². The van der Waals surface area contributed by atoms with Crippen LogP contribution in [0, 0.1) is 0 Å². The molecule has 0 saturated carbocycles. The monoisotopic (exact) mass is 287 g/mol. The fourth-order valence-corrected chi connectivity index (χ4v) is 2.22. The number of methoxy groups -OCH3 is 1. The SMILES string of the molecule is CCNC(CCn1cc(-c2ccccc2)cn1)C(=O)OC. The van der Waals surface area contributed by atoms with Gasteiger partial charge in [-0.05, 0) is 18.5 Å². The Kier molecular flexibility index (Phi) is 5.51. The summed E-state index contributed by atoms with van der Waals surface area (Å²) in [6.45, 7) is 3.37. The molecule has 0 aliphatic carbocycles. The molecule has 2 aromatic rings. The van der Waals surface area contributed by atoms with Gasteiger partial charge in [0.2, 0.25) is 0 Å². The summed E-state index contributed by atoms with van der Waals surface area (Å²) in [5, 5.41) is 7.47. The van der Waals surface area contributed by atoms with Crippen molar-refractivity contribution < 1.29 is 9.53 Å². The van der Waals surface area contributed by atoms with Crippen molar-refractivity contribution in [2.45, 2.75) is 25.9 Å². The predicted octanol–water partition coefficient (Wildman–Crippen LogP) is 2.09. The summed E-state index contributed by atoms with van der Waals surface area (Å²) < 4.78 is 6.65. The summed E-state index contributed by atoms with van der Waals surface area (Å²) in [5.74, 6) is -0.229. The number of benzene rings is 1. The first-order valence-electron chi connectivity index (χ1n) is 7.13. The van der Waals surface area contributed by atoms with Crippen LogP contribution in [0.1, 0.15) is 13.3 Å². The van der Waals surface area contributed by atoms with E-state index < -0.39 is 0 Å². The van der Waals surface area contributed by atoms with E-state index in [1.807, 2.05) is 42.2 Å². The third-order valence-corrected chi connectivity index (χ3v) is 3.32. The molecule has 0 saturated heterocycles. The molecular weight excluding hydrogens is 266 g/mol. The van der Waals surface area contributed by atoms with E-state index in [9.17, 15) is 4.79 Å². The topological polar surface area (TPSA) is 56.2 Å². The second-order valence-electron chi connectivity index (χ2n) is 4.78. The Morgan fingerprint density at radius 2 is 2.10 bits per heavy atom.